The molecule has 1 heterocycles. The molecule has 24 heavy (non-hydrogen) atoms. The molecule has 0 saturated carbocycles. The van der Waals surface area contributed by atoms with Crippen LogP contribution in [0.1, 0.15) is 38.2 Å². The number of likely N-dealkylation sites (tertiary alicyclic amines) is 1. The summed E-state index contributed by atoms with van der Waals surface area (Å²) in [5.74, 6) is -0.935. The third kappa shape index (κ3) is 4.46. The third-order valence-electron chi connectivity index (χ3n) is 4.38. The summed E-state index contributed by atoms with van der Waals surface area (Å²) in [7, 11) is 0. The van der Waals surface area contributed by atoms with Crippen LogP contribution in [0.25, 0.3) is 0 Å². The van der Waals surface area contributed by atoms with Gasteiger partial charge in [-0.3, -0.25) is 4.79 Å². The molecule has 2 atom stereocenters. The third-order valence-corrected chi connectivity index (χ3v) is 4.38. The summed E-state index contributed by atoms with van der Waals surface area (Å²) in [6, 6.07) is 6.13. The van der Waals surface area contributed by atoms with Crippen LogP contribution in [-0.4, -0.2) is 43.0 Å². The number of carbonyl (C=O) groups is 2. The Hall–Kier alpha value is -2.11. The highest BCUT2D eigenvalue weighted by Crippen LogP contribution is 2.33. The maximum atomic E-state index is 13.6. The highest BCUT2D eigenvalue weighted by Gasteiger charge is 2.40. The van der Waals surface area contributed by atoms with Crippen LogP contribution in [0.2, 0.25) is 0 Å². The molecule has 1 aromatic rings. The number of nitrogens with zero attached hydrogens (tertiary/aromatic N) is 1. The number of urea groups is 1. The van der Waals surface area contributed by atoms with E-state index in [9.17, 15) is 14.0 Å². The van der Waals surface area contributed by atoms with Gasteiger partial charge in [-0.2, -0.15) is 0 Å². The monoisotopic (exact) mass is 335 g/mol. The first kappa shape index (κ1) is 18.2. The van der Waals surface area contributed by atoms with Crippen LogP contribution < -0.4 is 10.6 Å². The predicted molar refractivity (Wildman–Crippen MR) is 91.2 cm³/mol. The highest BCUT2D eigenvalue weighted by atomic mass is 19.1. The first-order valence-corrected chi connectivity index (χ1v) is 8.62. The van der Waals surface area contributed by atoms with E-state index in [2.05, 4.69) is 17.6 Å². The summed E-state index contributed by atoms with van der Waals surface area (Å²) in [6.45, 7) is 5.85. The van der Waals surface area contributed by atoms with Gasteiger partial charge in [0.15, 0.2) is 0 Å². The summed E-state index contributed by atoms with van der Waals surface area (Å²) < 4.78 is 13.6. The molecule has 1 aliphatic rings. The molecule has 0 spiro atoms. The maximum Gasteiger partial charge on any atom is 0.317 e. The van der Waals surface area contributed by atoms with Gasteiger partial charge in [0.2, 0.25) is 5.91 Å². The SMILES string of the molecule is CCCCNC(=O)[C@@H]1CN(C(=O)NCC)C[C@@H]1c1cccc(F)c1. The van der Waals surface area contributed by atoms with Crippen molar-refractivity contribution in [3.63, 3.8) is 0 Å². The molecule has 2 rings (SSSR count). The van der Waals surface area contributed by atoms with Crippen molar-refractivity contribution in [1.29, 1.82) is 0 Å². The van der Waals surface area contributed by atoms with Crippen molar-refractivity contribution < 1.29 is 14.0 Å². The van der Waals surface area contributed by atoms with E-state index in [-0.39, 0.29) is 29.6 Å². The number of hydrogen-bond donors (Lipinski definition) is 2. The molecule has 2 N–H and O–H groups in total. The highest BCUT2D eigenvalue weighted by molar-refractivity contribution is 5.82. The van der Waals surface area contributed by atoms with E-state index in [0.717, 1.165) is 18.4 Å². The first-order chi connectivity index (χ1) is 11.6. The van der Waals surface area contributed by atoms with Crippen molar-refractivity contribution in [3.8, 4) is 0 Å². The molecule has 3 amide bonds. The lowest BCUT2D eigenvalue weighted by Gasteiger charge is -2.18. The van der Waals surface area contributed by atoms with Crippen LogP contribution >= 0.6 is 0 Å². The van der Waals surface area contributed by atoms with E-state index in [1.54, 1.807) is 11.0 Å². The van der Waals surface area contributed by atoms with Gasteiger partial charge < -0.3 is 15.5 Å². The lowest BCUT2D eigenvalue weighted by molar-refractivity contribution is -0.124. The lowest BCUT2D eigenvalue weighted by atomic mass is 9.88. The van der Waals surface area contributed by atoms with Crippen molar-refractivity contribution in [2.24, 2.45) is 5.92 Å². The number of hydrogen-bond acceptors (Lipinski definition) is 2. The zero-order valence-corrected chi connectivity index (χ0v) is 14.3. The van der Waals surface area contributed by atoms with Crippen LogP contribution in [0, 0.1) is 11.7 Å². The average Bonchev–Trinajstić information content (AvgIpc) is 3.01. The quantitative estimate of drug-likeness (QED) is 0.785. The van der Waals surface area contributed by atoms with Gasteiger partial charge in [-0.1, -0.05) is 25.5 Å². The van der Waals surface area contributed by atoms with Gasteiger partial charge in [0.25, 0.3) is 0 Å². The van der Waals surface area contributed by atoms with Crippen LogP contribution in [0.3, 0.4) is 0 Å². The van der Waals surface area contributed by atoms with Crippen molar-refractivity contribution in [1.82, 2.24) is 15.5 Å². The Morgan fingerprint density at radius 3 is 2.71 bits per heavy atom. The van der Waals surface area contributed by atoms with Gasteiger partial charge in [-0.05, 0) is 31.0 Å². The molecule has 6 heteroatoms. The Balaban J connectivity index is 2.16. The van der Waals surface area contributed by atoms with E-state index in [1.807, 2.05) is 13.0 Å². The fraction of sp³-hybridized carbons (Fsp3) is 0.556. The smallest absolute Gasteiger partial charge is 0.317 e. The number of rotatable bonds is 6. The number of amides is 3. The molecule has 0 unspecified atom stereocenters. The van der Waals surface area contributed by atoms with Crippen molar-refractivity contribution in [2.45, 2.75) is 32.6 Å². The second-order valence-electron chi connectivity index (χ2n) is 6.15. The largest absolute Gasteiger partial charge is 0.356 e. The number of unbranched alkanes of at least 4 members (excludes halogenated alkanes) is 1. The van der Waals surface area contributed by atoms with Gasteiger partial charge in [0, 0.05) is 32.1 Å². The Morgan fingerprint density at radius 1 is 1.25 bits per heavy atom. The van der Waals surface area contributed by atoms with Gasteiger partial charge in [0.05, 0.1) is 5.92 Å². The summed E-state index contributed by atoms with van der Waals surface area (Å²) in [6.07, 6.45) is 1.92. The van der Waals surface area contributed by atoms with E-state index in [4.69, 9.17) is 0 Å². The molecular formula is C18H26FN3O2. The van der Waals surface area contributed by atoms with E-state index >= 15 is 0 Å². The minimum absolute atomic E-state index is 0.0653. The van der Waals surface area contributed by atoms with E-state index < -0.39 is 0 Å². The number of nitrogens with one attached hydrogen (secondary N) is 2. The average molecular weight is 335 g/mol. The first-order valence-electron chi connectivity index (χ1n) is 8.62. The van der Waals surface area contributed by atoms with E-state index in [0.29, 0.717) is 26.2 Å². The normalized spacial score (nSPS) is 20.0. The fourth-order valence-electron chi connectivity index (χ4n) is 3.09. The zero-order valence-electron chi connectivity index (χ0n) is 14.3. The van der Waals surface area contributed by atoms with Crippen molar-refractivity contribution in [3.05, 3.63) is 35.6 Å². The van der Waals surface area contributed by atoms with E-state index in [1.165, 1.54) is 12.1 Å². The van der Waals surface area contributed by atoms with Crippen molar-refractivity contribution in [2.75, 3.05) is 26.2 Å². The molecule has 132 valence electrons. The molecule has 0 aliphatic carbocycles. The van der Waals surface area contributed by atoms with Crippen LogP contribution in [0.15, 0.2) is 24.3 Å². The Bertz CT molecular complexity index is 579. The van der Waals surface area contributed by atoms with Crippen LogP contribution in [0.4, 0.5) is 9.18 Å². The van der Waals surface area contributed by atoms with Crippen LogP contribution in [-0.2, 0) is 4.79 Å². The van der Waals surface area contributed by atoms with Crippen LogP contribution in [0.5, 0.6) is 0 Å². The molecule has 5 nitrogen and oxygen atoms in total. The molecule has 0 aromatic heterocycles. The molecule has 1 aliphatic heterocycles. The molecular weight excluding hydrogens is 309 g/mol. The van der Waals surface area contributed by atoms with Gasteiger partial charge in [-0.15, -0.1) is 0 Å². The Kier molecular flexibility index (Phi) is 6.58. The minimum Gasteiger partial charge on any atom is -0.356 e. The summed E-state index contributed by atoms with van der Waals surface area (Å²) in [5.41, 5.74) is 0.762. The Morgan fingerprint density at radius 2 is 2.04 bits per heavy atom. The number of carbonyl (C=O) groups excluding carboxylic acids is 2. The second-order valence-corrected chi connectivity index (χ2v) is 6.15. The van der Waals surface area contributed by atoms with Gasteiger partial charge in [0.1, 0.15) is 5.82 Å². The molecule has 1 saturated heterocycles. The summed E-state index contributed by atoms with van der Waals surface area (Å²) >= 11 is 0. The van der Waals surface area contributed by atoms with Crippen molar-refractivity contribution >= 4 is 11.9 Å². The molecule has 0 bridgehead atoms. The number of halogens is 1. The molecule has 0 radical (unpaired) electrons. The lowest BCUT2D eigenvalue weighted by Crippen LogP contribution is -2.40. The van der Waals surface area contributed by atoms with Gasteiger partial charge >= 0.3 is 6.03 Å². The number of benzene rings is 1. The predicted octanol–water partition coefficient (Wildman–Crippen LogP) is 2.49. The Labute approximate surface area is 142 Å². The maximum absolute atomic E-state index is 13.6. The topological polar surface area (TPSA) is 61.4 Å². The zero-order chi connectivity index (χ0) is 17.5. The summed E-state index contributed by atoms with van der Waals surface area (Å²) in [5, 5.41) is 5.70. The second kappa shape index (κ2) is 8.66. The standard InChI is InChI=1S/C18H26FN3O2/c1-3-5-9-21-17(23)16-12-22(18(24)20-4-2)11-15(16)13-7-6-8-14(19)10-13/h6-8,10,15-16H,3-5,9,11-12H2,1-2H3,(H,20,24)(H,21,23)/t15-,16-/m1/s1. The van der Waals surface area contributed by atoms with Gasteiger partial charge in [-0.25, -0.2) is 9.18 Å². The summed E-state index contributed by atoms with van der Waals surface area (Å²) in [4.78, 5) is 26.3. The minimum atomic E-state index is -0.355. The molecule has 1 fully saturated rings. The fourth-order valence-corrected chi connectivity index (χ4v) is 3.09. The molecule has 1 aromatic carbocycles.